The molecule has 5 aliphatic rings. The van der Waals surface area contributed by atoms with Gasteiger partial charge < -0.3 is 96.3 Å². The van der Waals surface area contributed by atoms with E-state index >= 15 is 0 Å². The first-order valence-corrected chi connectivity index (χ1v) is 30.5. The van der Waals surface area contributed by atoms with E-state index in [1.165, 1.54) is 9.80 Å². The first-order valence-electron chi connectivity index (χ1n) is 30.5. The minimum atomic E-state index is -1.58. The number of nitrogens with two attached hydrogens (primary N) is 6. The molecule has 2 unspecified atom stereocenters. The summed E-state index contributed by atoms with van der Waals surface area (Å²) in [7, 11) is 0. The lowest BCUT2D eigenvalue weighted by atomic mass is 9.91. The summed E-state index contributed by atoms with van der Waals surface area (Å²) in [5.41, 5.74) is 35.3. The molecule has 2 aliphatic carbocycles. The Bertz CT molecular complexity index is 2640. The normalized spacial score (nSPS) is 21.4. The molecule has 2 saturated carbocycles. The highest BCUT2D eigenvalue weighted by Crippen LogP contribution is 2.31. The van der Waals surface area contributed by atoms with Crippen LogP contribution >= 0.6 is 0 Å². The van der Waals surface area contributed by atoms with Gasteiger partial charge in [0.05, 0.1) is 25.3 Å². The number of hydrogen-bond donors (Lipinski definition) is 15. The van der Waals surface area contributed by atoms with Gasteiger partial charge >= 0.3 is 5.97 Å². The molecule has 1 aromatic rings. The van der Waals surface area contributed by atoms with Gasteiger partial charge in [0.1, 0.15) is 48.3 Å². The van der Waals surface area contributed by atoms with Crippen LogP contribution < -0.4 is 66.3 Å². The van der Waals surface area contributed by atoms with Crippen LogP contribution in [-0.4, -0.2) is 207 Å². The molecule has 6 rings (SSSR count). The summed E-state index contributed by atoms with van der Waals surface area (Å²) in [6.45, 7) is -1.19. The number of aliphatic carboxylic acids is 1. The van der Waals surface area contributed by atoms with Gasteiger partial charge in [0.25, 0.3) is 0 Å². The summed E-state index contributed by atoms with van der Waals surface area (Å²) >= 11 is 0. The number of aliphatic imine (C=N–C) groups is 2. The molecule has 21 N–H and O–H groups in total. The van der Waals surface area contributed by atoms with E-state index in [2.05, 4.69) is 41.9 Å². The van der Waals surface area contributed by atoms with E-state index in [-0.39, 0.29) is 95.5 Å². The van der Waals surface area contributed by atoms with Crippen molar-refractivity contribution >= 4 is 71.1 Å². The highest BCUT2D eigenvalue weighted by molar-refractivity contribution is 5.99. The maximum atomic E-state index is 14.6. The smallest absolute Gasteiger partial charge is 0.326 e. The van der Waals surface area contributed by atoms with E-state index in [4.69, 9.17) is 34.4 Å². The van der Waals surface area contributed by atoms with E-state index in [9.17, 15) is 63.3 Å². The van der Waals surface area contributed by atoms with Gasteiger partial charge in [0, 0.05) is 45.6 Å². The average Bonchev–Trinajstić information content (AvgIpc) is 2.48. The number of rotatable bonds is 31. The minimum Gasteiger partial charge on any atom is -0.480 e. The topological polar surface area (TPSA) is 494 Å². The SMILES string of the molecule is NCCCC[C@H](NC(=O)[C@H](N)CCCN=C(N)N)C(=O)N[C@@H](CCCN=C(N)N)C(=O)N1CCC[C@H]1C(=O)N1C[C@H](O)C[C@H]1C(=O)NCC(=O)NC(C(=O)N[C@@H](CO)C(=O)N1Cc2ccccc2C[C@@H]1C(=O)NC(C(=O)O)C1CCCC1)C1CCCC1. The number of carbonyl (C=O) groups is 10. The van der Waals surface area contributed by atoms with Crippen LogP contribution in [0.25, 0.3) is 0 Å². The molecule has 10 atom stereocenters. The summed E-state index contributed by atoms with van der Waals surface area (Å²) in [5, 5.41) is 47.7. The Hall–Kier alpha value is -7.70. The van der Waals surface area contributed by atoms with Gasteiger partial charge in [-0.2, -0.15) is 0 Å². The Morgan fingerprint density at radius 3 is 1.82 bits per heavy atom. The Labute approximate surface area is 505 Å². The van der Waals surface area contributed by atoms with Crippen LogP contribution in [0.5, 0.6) is 0 Å². The number of hydrogen-bond acceptors (Lipinski definition) is 16. The van der Waals surface area contributed by atoms with E-state index in [0.717, 1.165) is 41.7 Å². The Morgan fingerprint density at radius 2 is 1.20 bits per heavy atom. The number of nitrogens with zero attached hydrogens (tertiary/aromatic N) is 5. The third kappa shape index (κ3) is 19.4. The number of likely N-dealkylation sites (tertiary alicyclic amines) is 2. The van der Waals surface area contributed by atoms with Crippen LogP contribution in [0.4, 0.5) is 0 Å². The third-order valence-corrected chi connectivity index (χ3v) is 17.1. The third-order valence-electron chi connectivity index (χ3n) is 17.1. The number of carboxylic acids is 1. The van der Waals surface area contributed by atoms with Crippen LogP contribution in [0.2, 0.25) is 0 Å². The molecule has 30 nitrogen and oxygen atoms in total. The second kappa shape index (κ2) is 33.4. The maximum Gasteiger partial charge on any atom is 0.326 e. The quantitative estimate of drug-likeness (QED) is 0.0189. The fraction of sp³-hybridized carbons (Fsp3) is 0.684. The van der Waals surface area contributed by atoms with Crippen LogP contribution in [0.1, 0.15) is 127 Å². The molecule has 9 amide bonds. The van der Waals surface area contributed by atoms with Crippen LogP contribution in [-0.2, 0) is 60.9 Å². The number of aliphatic hydroxyl groups excluding tert-OH is 2. The van der Waals surface area contributed by atoms with E-state index < -0.39 is 139 Å². The largest absolute Gasteiger partial charge is 0.480 e. The highest BCUT2D eigenvalue weighted by atomic mass is 16.4. The van der Waals surface area contributed by atoms with Gasteiger partial charge in [-0.25, -0.2) is 4.79 Å². The molecule has 2 saturated heterocycles. The molecule has 482 valence electrons. The zero-order valence-corrected chi connectivity index (χ0v) is 49.5. The Kier molecular flexibility index (Phi) is 26.3. The number of carbonyl (C=O) groups excluding carboxylic acids is 9. The molecule has 1 aromatic carbocycles. The van der Waals surface area contributed by atoms with Crippen molar-refractivity contribution in [1.29, 1.82) is 0 Å². The minimum absolute atomic E-state index is 0.0121. The molecule has 4 fully saturated rings. The van der Waals surface area contributed by atoms with Crippen molar-refractivity contribution in [3.05, 3.63) is 35.4 Å². The van der Waals surface area contributed by atoms with E-state index in [1.807, 2.05) is 6.07 Å². The van der Waals surface area contributed by atoms with Gasteiger partial charge in [-0.1, -0.05) is 49.9 Å². The first kappa shape index (κ1) is 68.4. The molecule has 87 heavy (non-hydrogen) atoms. The molecule has 0 spiro atoms. The molecule has 0 bridgehead atoms. The van der Waals surface area contributed by atoms with Crippen LogP contribution in [0.3, 0.4) is 0 Å². The van der Waals surface area contributed by atoms with Crippen molar-refractivity contribution < 1.29 is 63.3 Å². The van der Waals surface area contributed by atoms with Gasteiger partial charge in [0.2, 0.25) is 53.2 Å². The second-order valence-corrected chi connectivity index (χ2v) is 23.4. The number of unbranched alkanes of at least 4 members (excludes halogenated alkanes) is 1. The fourth-order valence-electron chi connectivity index (χ4n) is 12.5. The molecular formula is C57H91N17O13. The van der Waals surface area contributed by atoms with Crippen molar-refractivity contribution in [1.82, 2.24) is 46.6 Å². The molecule has 0 aromatic heterocycles. The maximum absolute atomic E-state index is 14.6. The van der Waals surface area contributed by atoms with E-state index in [1.54, 1.807) is 18.2 Å². The second-order valence-electron chi connectivity index (χ2n) is 23.4. The first-order chi connectivity index (χ1) is 41.6. The Balaban J connectivity index is 1.10. The van der Waals surface area contributed by atoms with Crippen molar-refractivity contribution in [3.8, 4) is 0 Å². The number of amides is 9. The van der Waals surface area contributed by atoms with Crippen molar-refractivity contribution in [2.45, 2.75) is 189 Å². The molecule has 3 heterocycles. The van der Waals surface area contributed by atoms with Crippen molar-refractivity contribution in [2.24, 2.45) is 56.2 Å². The van der Waals surface area contributed by atoms with Crippen LogP contribution in [0, 0.1) is 11.8 Å². The number of carboxylic acid groups (broad SMARTS) is 1. The zero-order valence-electron chi connectivity index (χ0n) is 49.5. The van der Waals surface area contributed by atoms with Crippen LogP contribution in [0.15, 0.2) is 34.3 Å². The summed E-state index contributed by atoms with van der Waals surface area (Å²) in [4.78, 5) is 151. The monoisotopic (exact) mass is 1220 g/mol. The fourth-order valence-corrected chi connectivity index (χ4v) is 12.5. The number of benzene rings is 1. The number of nitrogens with one attached hydrogen (secondary N) is 6. The molecule has 30 heteroatoms. The number of guanidine groups is 2. The van der Waals surface area contributed by atoms with E-state index in [0.29, 0.717) is 57.9 Å². The lowest BCUT2D eigenvalue weighted by molar-refractivity contribution is -0.148. The summed E-state index contributed by atoms with van der Waals surface area (Å²) in [6.07, 6.45) is 6.55. The van der Waals surface area contributed by atoms with Crippen molar-refractivity contribution in [3.63, 3.8) is 0 Å². The van der Waals surface area contributed by atoms with Gasteiger partial charge in [-0.3, -0.25) is 53.1 Å². The summed E-state index contributed by atoms with van der Waals surface area (Å²) < 4.78 is 0. The lowest BCUT2D eigenvalue weighted by Gasteiger charge is -2.38. The molecule has 3 aliphatic heterocycles. The van der Waals surface area contributed by atoms with Gasteiger partial charge in [-0.05, 0) is 113 Å². The molecule has 0 radical (unpaired) electrons. The zero-order chi connectivity index (χ0) is 63.3. The average molecular weight is 1220 g/mol. The summed E-state index contributed by atoms with van der Waals surface area (Å²) in [6, 6.07) is -3.83. The van der Waals surface area contributed by atoms with Gasteiger partial charge in [0.15, 0.2) is 11.9 Å². The predicted octanol–water partition coefficient (Wildman–Crippen LogP) is -4.55. The standard InChI is InChI=1S/C57H91N17O13/c58-22-8-7-19-38(67-47(78)37(59)18-9-23-64-56(60)61)48(79)68-39(20-10-24-65-57(62)63)52(83)72-25-11-21-41(72)54(85)74-30-36(76)27-43(74)49(80)66-28-44(77)70-45(32-12-1-2-13-32)51(82)69-40(31-75)53(84)73-29-35-17-6-5-16-34(35)26-42(73)50(81)71-46(55(86)87)33-14-3-4-15-33/h5-6,16-17,32-33,36-43,45-46,75-76H,1-4,7-15,18-31,58-59H2,(H,66,80)(H,67,78)(H,68,79)(H,69,82)(H,70,77)(H,71,81)(H,86,87)(H4,60,61,64)(H4,62,63,65)/t36-,37-,38+,39+,40+,41+,42-,43+,45?,46?/m1/s1. The van der Waals surface area contributed by atoms with Crippen molar-refractivity contribution in [2.75, 3.05) is 45.9 Å². The van der Waals surface area contributed by atoms with Gasteiger partial charge in [-0.15, -0.1) is 0 Å². The summed E-state index contributed by atoms with van der Waals surface area (Å²) in [5.74, 6) is -8.68. The highest BCUT2D eigenvalue weighted by Gasteiger charge is 2.47. The number of β-amino-alcohol motifs (C(OH)–C–C–N with tert-alkyl or cyclic N) is 1. The lowest BCUT2D eigenvalue weighted by Crippen LogP contribution is -2.62. The predicted molar refractivity (Wildman–Crippen MR) is 317 cm³/mol. The number of fused-ring (bicyclic) bond motifs is 1. The number of aliphatic hydroxyl groups is 2. The molecular weight excluding hydrogens is 1130 g/mol. The Morgan fingerprint density at radius 1 is 0.609 bits per heavy atom.